The lowest BCUT2D eigenvalue weighted by molar-refractivity contribution is 0.0601. The molecule has 0 saturated carbocycles. The van der Waals surface area contributed by atoms with E-state index in [9.17, 15) is 4.79 Å². The molecule has 0 aliphatic rings. The van der Waals surface area contributed by atoms with Crippen LogP contribution < -0.4 is 10.7 Å². The number of carbonyl (C=O) groups excluding carboxylic acids is 1. The zero-order valence-corrected chi connectivity index (χ0v) is 9.92. The van der Waals surface area contributed by atoms with Crippen LogP contribution in [0.15, 0.2) is 48.5 Å². The average molecular weight is 243 g/mol. The van der Waals surface area contributed by atoms with Crippen molar-refractivity contribution in [1.82, 2.24) is 0 Å². The Labute approximate surface area is 105 Å². The first-order valence-electron chi connectivity index (χ1n) is 5.40. The summed E-state index contributed by atoms with van der Waals surface area (Å²) in [5.74, 6) is 5.32. The zero-order chi connectivity index (χ0) is 13.0. The first kappa shape index (κ1) is 12.1. The highest BCUT2D eigenvalue weighted by Crippen LogP contribution is 2.22. The van der Waals surface area contributed by atoms with E-state index in [2.05, 4.69) is 9.57 Å². The molecule has 18 heavy (non-hydrogen) atoms. The molecule has 0 aliphatic carbocycles. The van der Waals surface area contributed by atoms with E-state index in [0.717, 1.165) is 11.1 Å². The Kier molecular flexibility index (Phi) is 3.60. The second kappa shape index (κ2) is 5.33. The van der Waals surface area contributed by atoms with Gasteiger partial charge in [0.1, 0.15) is 5.75 Å². The molecule has 0 amide bonds. The Morgan fingerprint density at radius 2 is 1.44 bits per heavy atom. The summed E-state index contributed by atoms with van der Waals surface area (Å²) in [6.45, 7) is 0. The number of esters is 1. The van der Waals surface area contributed by atoms with Gasteiger partial charge in [-0.1, -0.05) is 24.3 Å². The molecular weight excluding hydrogens is 230 g/mol. The highest BCUT2D eigenvalue weighted by Gasteiger charge is 2.05. The molecular formula is C14H13NO3. The third-order valence-electron chi connectivity index (χ3n) is 2.63. The summed E-state index contributed by atoms with van der Waals surface area (Å²) in [6, 6.07) is 14.6. The van der Waals surface area contributed by atoms with Crippen LogP contribution in [0.1, 0.15) is 10.4 Å². The van der Waals surface area contributed by atoms with Crippen LogP contribution >= 0.6 is 0 Å². The van der Waals surface area contributed by atoms with Gasteiger partial charge in [-0.25, -0.2) is 4.79 Å². The van der Waals surface area contributed by atoms with Crippen molar-refractivity contribution in [2.24, 2.45) is 5.90 Å². The van der Waals surface area contributed by atoms with Gasteiger partial charge in [-0.2, -0.15) is 5.90 Å². The molecule has 4 nitrogen and oxygen atoms in total. The molecule has 2 aromatic rings. The van der Waals surface area contributed by atoms with Crippen molar-refractivity contribution in [3.63, 3.8) is 0 Å². The lowest BCUT2D eigenvalue weighted by atomic mass is 10.0. The lowest BCUT2D eigenvalue weighted by Gasteiger charge is -2.04. The molecule has 0 bridgehead atoms. The van der Waals surface area contributed by atoms with Crippen LogP contribution in [-0.2, 0) is 4.74 Å². The number of hydrogen-bond acceptors (Lipinski definition) is 4. The number of ether oxygens (including phenoxy) is 1. The van der Waals surface area contributed by atoms with E-state index in [1.165, 1.54) is 7.11 Å². The maximum atomic E-state index is 11.3. The third kappa shape index (κ3) is 2.49. The van der Waals surface area contributed by atoms with Crippen LogP contribution in [0.3, 0.4) is 0 Å². The summed E-state index contributed by atoms with van der Waals surface area (Å²) in [5, 5.41) is 0. The van der Waals surface area contributed by atoms with Crippen molar-refractivity contribution in [2.75, 3.05) is 7.11 Å². The number of rotatable bonds is 3. The quantitative estimate of drug-likeness (QED) is 0.664. The van der Waals surface area contributed by atoms with Crippen molar-refractivity contribution in [3.8, 4) is 16.9 Å². The topological polar surface area (TPSA) is 61.5 Å². The van der Waals surface area contributed by atoms with E-state index in [1.807, 2.05) is 24.3 Å². The molecule has 92 valence electrons. The minimum atomic E-state index is -0.339. The van der Waals surface area contributed by atoms with Crippen molar-refractivity contribution in [2.45, 2.75) is 0 Å². The summed E-state index contributed by atoms with van der Waals surface area (Å²) in [6.07, 6.45) is 0. The average Bonchev–Trinajstić information content (AvgIpc) is 2.47. The largest absolute Gasteiger partial charge is 0.465 e. The van der Waals surface area contributed by atoms with E-state index in [0.29, 0.717) is 11.3 Å². The second-order valence-electron chi connectivity index (χ2n) is 3.71. The highest BCUT2D eigenvalue weighted by molar-refractivity contribution is 5.89. The van der Waals surface area contributed by atoms with Crippen LogP contribution in [0, 0.1) is 0 Å². The molecule has 0 spiro atoms. The van der Waals surface area contributed by atoms with Gasteiger partial charge < -0.3 is 9.57 Å². The van der Waals surface area contributed by atoms with Gasteiger partial charge >= 0.3 is 5.97 Å². The zero-order valence-electron chi connectivity index (χ0n) is 9.92. The predicted molar refractivity (Wildman–Crippen MR) is 68.0 cm³/mol. The second-order valence-corrected chi connectivity index (χ2v) is 3.71. The molecule has 0 saturated heterocycles. The monoisotopic (exact) mass is 243 g/mol. The molecule has 0 radical (unpaired) electrons. The number of methoxy groups -OCH3 is 1. The van der Waals surface area contributed by atoms with E-state index >= 15 is 0 Å². The Morgan fingerprint density at radius 1 is 0.944 bits per heavy atom. The number of hydrogen-bond donors (Lipinski definition) is 1. The standard InChI is InChI=1S/C14H13NO3/c1-17-14(16)12-4-2-10(3-5-12)11-6-8-13(18-15)9-7-11/h2-9H,15H2,1H3. The molecule has 0 heterocycles. The molecule has 0 atom stereocenters. The van der Waals surface area contributed by atoms with Gasteiger partial charge in [0.25, 0.3) is 0 Å². The number of benzene rings is 2. The molecule has 2 aromatic carbocycles. The van der Waals surface area contributed by atoms with Crippen LogP contribution in [0.4, 0.5) is 0 Å². The molecule has 2 rings (SSSR count). The van der Waals surface area contributed by atoms with Crippen molar-refractivity contribution in [1.29, 1.82) is 0 Å². The molecule has 0 aliphatic heterocycles. The van der Waals surface area contributed by atoms with E-state index in [1.54, 1.807) is 24.3 Å². The molecule has 0 unspecified atom stereocenters. The van der Waals surface area contributed by atoms with Gasteiger partial charge in [-0.15, -0.1) is 0 Å². The van der Waals surface area contributed by atoms with Gasteiger partial charge in [0.2, 0.25) is 0 Å². The van der Waals surface area contributed by atoms with Gasteiger partial charge in [0, 0.05) is 0 Å². The Bertz CT molecular complexity index is 532. The maximum absolute atomic E-state index is 11.3. The summed E-state index contributed by atoms with van der Waals surface area (Å²) >= 11 is 0. The van der Waals surface area contributed by atoms with Crippen molar-refractivity contribution >= 4 is 5.97 Å². The smallest absolute Gasteiger partial charge is 0.337 e. The fourth-order valence-electron chi connectivity index (χ4n) is 1.64. The fraction of sp³-hybridized carbons (Fsp3) is 0.0714. The van der Waals surface area contributed by atoms with Gasteiger partial charge in [0.05, 0.1) is 12.7 Å². The Hall–Kier alpha value is -2.33. The van der Waals surface area contributed by atoms with Gasteiger partial charge in [-0.3, -0.25) is 0 Å². The molecule has 0 fully saturated rings. The summed E-state index contributed by atoms with van der Waals surface area (Å²) < 4.78 is 4.64. The highest BCUT2D eigenvalue weighted by atomic mass is 16.6. The predicted octanol–water partition coefficient (Wildman–Crippen LogP) is 2.39. The van der Waals surface area contributed by atoms with Crippen molar-refractivity contribution in [3.05, 3.63) is 54.1 Å². The first-order chi connectivity index (χ1) is 8.74. The van der Waals surface area contributed by atoms with Gasteiger partial charge in [-0.05, 0) is 35.4 Å². The van der Waals surface area contributed by atoms with Crippen LogP contribution in [0.25, 0.3) is 11.1 Å². The molecule has 0 aromatic heterocycles. The lowest BCUT2D eigenvalue weighted by Crippen LogP contribution is -2.01. The Morgan fingerprint density at radius 3 is 1.89 bits per heavy atom. The number of nitrogens with two attached hydrogens (primary N) is 1. The van der Waals surface area contributed by atoms with Crippen LogP contribution in [0.2, 0.25) is 0 Å². The first-order valence-corrected chi connectivity index (χ1v) is 5.40. The minimum Gasteiger partial charge on any atom is -0.465 e. The van der Waals surface area contributed by atoms with E-state index in [4.69, 9.17) is 5.90 Å². The normalized spacial score (nSPS) is 9.89. The maximum Gasteiger partial charge on any atom is 0.337 e. The van der Waals surface area contributed by atoms with E-state index in [-0.39, 0.29) is 5.97 Å². The third-order valence-corrected chi connectivity index (χ3v) is 2.63. The molecule has 4 heteroatoms. The SMILES string of the molecule is COC(=O)c1ccc(-c2ccc(ON)cc2)cc1. The minimum absolute atomic E-state index is 0.339. The van der Waals surface area contributed by atoms with E-state index < -0.39 is 0 Å². The summed E-state index contributed by atoms with van der Waals surface area (Å²) in [7, 11) is 1.36. The number of carbonyl (C=O) groups is 1. The van der Waals surface area contributed by atoms with Crippen LogP contribution in [-0.4, -0.2) is 13.1 Å². The van der Waals surface area contributed by atoms with Crippen molar-refractivity contribution < 1.29 is 14.4 Å². The fourth-order valence-corrected chi connectivity index (χ4v) is 1.64. The van der Waals surface area contributed by atoms with Crippen LogP contribution in [0.5, 0.6) is 5.75 Å². The van der Waals surface area contributed by atoms with Gasteiger partial charge in [0.15, 0.2) is 0 Å². The summed E-state index contributed by atoms with van der Waals surface area (Å²) in [5.41, 5.74) is 2.56. The summed E-state index contributed by atoms with van der Waals surface area (Å²) in [4.78, 5) is 15.9. The Balaban J connectivity index is 2.25. The molecule has 2 N–H and O–H groups in total.